The zero-order valence-electron chi connectivity index (χ0n) is 20.6. The van der Waals surface area contributed by atoms with E-state index in [-0.39, 0.29) is 5.91 Å². The molecule has 0 unspecified atom stereocenters. The van der Waals surface area contributed by atoms with Crippen molar-refractivity contribution in [3.8, 4) is 5.75 Å². The number of aryl methyl sites for hydroxylation is 2. The lowest BCUT2D eigenvalue weighted by molar-refractivity contribution is 0.0947. The van der Waals surface area contributed by atoms with Gasteiger partial charge in [0.15, 0.2) is 5.13 Å². The summed E-state index contributed by atoms with van der Waals surface area (Å²) < 4.78 is 7.05. The van der Waals surface area contributed by atoms with Gasteiger partial charge in [-0.15, -0.1) is 0 Å². The summed E-state index contributed by atoms with van der Waals surface area (Å²) in [6.07, 6.45) is 3.37. The number of aromatic nitrogens is 1. The normalized spacial score (nSPS) is 14.5. The van der Waals surface area contributed by atoms with Crippen molar-refractivity contribution in [2.24, 2.45) is 0 Å². The smallest absolute Gasteiger partial charge is 0.251 e. The van der Waals surface area contributed by atoms with Crippen molar-refractivity contribution in [3.05, 3.63) is 53.1 Å². The molecule has 1 saturated heterocycles. The van der Waals surface area contributed by atoms with Gasteiger partial charge in [-0.3, -0.25) is 9.69 Å². The van der Waals surface area contributed by atoms with E-state index >= 15 is 0 Å². The number of benzene rings is 2. The molecule has 0 radical (unpaired) electrons. The molecule has 4 rings (SSSR count). The van der Waals surface area contributed by atoms with Crippen LogP contribution < -0.4 is 15.0 Å². The fourth-order valence-corrected chi connectivity index (χ4v) is 5.55. The number of amides is 1. The molecule has 1 amide bonds. The number of nitrogens with zero attached hydrogens (tertiary/aromatic N) is 3. The average Bonchev–Trinajstić information content (AvgIpc) is 3.27. The molecular formula is C27H36N4O2S. The number of unbranched alkanes of at least 4 members (excludes halogenated alkanes) is 2. The maximum absolute atomic E-state index is 12.6. The fraction of sp³-hybridized carbons (Fsp3) is 0.481. The Labute approximate surface area is 206 Å². The number of piperazine rings is 1. The number of ether oxygens (including phenoxy) is 1. The second-order valence-corrected chi connectivity index (χ2v) is 10.1. The first-order chi connectivity index (χ1) is 16.5. The summed E-state index contributed by atoms with van der Waals surface area (Å²) in [6, 6.07) is 11.9. The molecule has 34 heavy (non-hydrogen) atoms. The van der Waals surface area contributed by atoms with Crippen molar-refractivity contribution in [3.63, 3.8) is 0 Å². The number of anilines is 1. The van der Waals surface area contributed by atoms with Gasteiger partial charge in [-0.1, -0.05) is 43.2 Å². The fourth-order valence-electron chi connectivity index (χ4n) is 4.36. The summed E-state index contributed by atoms with van der Waals surface area (Å²) in [5.74, 6) is 0.720. The highest BCUT2D eigenvalue weighted by Crippen LogP contribution is 2.32. The Balaban J connectivity index is 1.21. The van der Waals surface area contributed by atoms with Gasteiger partial charge in [0.05, 0.1) is 16.8 Å². The molecule has 0 saturated carbocycles. The second-order valence-electron chi connectivity index (χ2n) is 9.09. The van der Waals surface area contributed by atoms with Gasteiger partial charge in [-0.25, -0.2) is 4.98 Å². The molecule has 1 N–H and O–H groups in total. The van der Waals surface area contributed by atoms with Crippen LogP contribution in [0.5, 0.6) is 5.75 Å². The summed E-state index contributed by atoms with van der Waals surface area (Å²) in [4.78, 5) is 22.3. The van der Waals surface area contributed by atoms with Gasteiger partial charge in [-0.2, -0.15) is 0 Å². The van der Waals surface area contributed by atoms with Crippen molar-refractivity contribution in [2.75, 3.05) is 50.8 Å². The average molecular weight is 481 g/mol. The van der Waals surface area contributed by atoms with Crippen LogP contribution in [0.2, 0.25) is 0 Å². The minimum absolute atomic E-state index is 0.0437. The maximum atomic E-state index is 12.6. The van der Waals surface area contributed by atoms with Gasteiger partial charge in [0.25, 0.3) is 5.91 Å². The van der Waals surface area contributed by atoms with Crippen LogP contribution in [-0.2, 0) is 0 Å². The van der Waals surface area contributed by atoms with Crippen LogP contribution in [0.25, 0.3) is 10.2 Å². The van der Waals surface area contributed by atoms with Gasteiger partial charge in [-0.05, 0) is 55.7 Å². The van der Waals surface area contributed by atoms with Crippen molar-refractivity contribution in [1.29, 1.82) is 0 Å². The van der Waals surface area contributed by atoms with Crippen LogP contribution >= 0.6 is 11.3 Å². The molecular weight excluding hydrogens is 444 g/mol. The number of hydrogen-bond donors (Lipinski definition) is 1. The van der Waals surface area contributed by atoms with E-state index in [0.29, 0.717) is 18.7 Å². The van der Waals surface area contributed by atoms with Crippen LogP contribution in [-0.4, -0.2) is 61.7 Å². The molecule has 0 aliphatic carbocycles. The zero-order valence-corrected chi connectivity index (χ0v) is 21.4. The monoisotopic (exact) mass is 480 g/mol. The van der Waals surface area contributed by atoms with Crippen LogP contribution in [0.4, 0.5) is 5.13 Å². The molecule has 1 aliphatic rings. The molecule has 3 aromatic rings. The Bertz CT molecular complexity index is 1110. The molecule has 0 spiro atoms. The van der Waals surface area contributed by atoms with Crippen molar-refractivity contribution >= 4 is 32.6 Å². The lowest BCUT2D eigenvalue weighted by Gasteiger charge is -2.34. The number of nitrogens with one attached hydrogen (secondary N) is 1. The van der Waals surface area contributed by atoms with E-state index in [1.54, 1.807) is 11.3 Å². The molecule has 7 heteroatoms. The van der Waals surface area contributed by atoms with Crippen LogP contribution in [0.15, 0.2) is 36.4 Å². The predicted molar refractivity (Wildman–Crippen MR) is 142 cm³/mol. The van der Waals surface area contributed by atoms with Gasteiger partial charge < -0.3 is 15.0 Å². The highest BCUT2D eigenvalue weighted by molar-refractivity contribution is 7.22. The van der Waals surface area contributed by atoms with Crippen LogP contribution in [0.3, 0.4) is 0 Å². The molecule has 0 bridgehead atoms. The lowest BCUT2D eigenvalue weighted by Crippen LogP contribution is -2.48. The maximum Gasteiger partial charge on any atom is 0.251 e. The number of thiazole rings is 1. The second kappa shape index (κ2) is 11.7. The van der Waals surface area contributed by atoms with Gasteiger partial charge in [0, 0.05) is 44.8 Å². The number of rotatable bonds is 10. The van der Waals surface area contributed by atoms with Crippen molar-refractivity contribution in [2.45, 2.75) is 40.0 Å². The highest BCUT2D eigenvalue weighted by atomic mass is 32.1. The van der Waals surface area contributed by atoms with Crippen LogP contribution in [0, 0.1) is 13.8 Å². The summed E-state index contributed by atoms with van der Waals surface area (Å²) in [7, 11) is 0. The Morgan fingerprint density at radius 2 is 1.94 bits per heavy atom. The van der Waals surface area contributed by atoms with Gasteiger partial charge in [0.2, 0.25) is 0 Å². The minimum Gasteiger partial charge on any atom is -0.494 e. The Hall–Kier alpha value is -2.64. The van der Waals surface area contributed by atoms with E-state index in [0.717, 1.165) is 62.0 Å². The van der Waals surface area contributed by atoms with E-state index in [1.165, 1.54) is 22.2 Å². The molecule has 2 aromatic carbocycles. The lowest BCUT2D eigenvalue weighted by atomic mass is 10.1. The van der Waals surface area contributed by atoms with Crippen molar-refractivity contribution < 1.29 is 9.53 Å². The minimum atomic E-state index is -0.0437. The van der Waals surface area contributed by atoms with Crippen LogP contribution in [0.1, 0.15) is 47.7 Å². The van der Waals surface area contributed by atoms with Crippen molar-refractivity contribution in [1.82, 2.24) is 15.2 Å². The van der Waals surface area contributed by atoms with E-state index in [2.05, 4.69) is 48.0 Å². The predicted octanol–water partition coefficient (Wildman–Crippen LogP) is 5.03. The number of carbonyl (C=O) groups is 1. The first-order valence-electron chi connectivity index (χ1n) is 12.4. The molecule has 182 valence electrons. The Morgan fingerprint density at radius 3 is 2.74 bits per heavy atom. The largest absolute Gasteiger partial charge is 0.494 e. The molecule has 1 aromatic heterocycles. The first kappa shape index (κ1) is 24.5. The number of hydrogen-bond acceptors (Lipinski definition) is 6. The standard InChI is InChI=1S/C27H36N4O2S/c1-4-5-6-16-33-23-9-7-8-22(19-23)26(32)28-10-11-30-12-14-31(15-13-30)27-29-25-21(3)17-20(2)18-24(25)34-27/h7-9,17-19H,4-6,10-16H2,1-3H3,(H,28,32). The highest BCUT2D eigenvalue weighted by Gasteiger charge is 2.20. The summed E-state index contributed by atoms with van der Waals surface area (Å²) in [5, 5.41) is 4.18. The molecule has 6 nitrogen and oxygen atoms in total. The quantitative estimate of drug-likeness (QED) is 0.412. The number of fused-ring (bicyclic) bond motifs is 1. The summed E-state index contributed by atoms with van der Waals surface area (Å²) in [6.45, 7) is 12.5. The Kier molecular flexibility index (Phi) is 8.40. The molecule has 1 aliphatic heterocycles. The zero-order chi connectivity index (χ0) is 23.9. The third kappa shape index (κ3) is 6.27. The molecule has 0 atom stereocenters. The van der Waals surface area contributed by atoms with Gasteiger partial charge in [0.1, 0.15) is 5.75 Å². The third-order valence-corrected chi connectivity index (χ3v) is 7.35. The molecule has 1 fully saturated rings. The Morgan fingerprint density at radius 1 is 1.12 bits per heavy atom. The van der Waals surface area contributed by atoms with E-state index in [4.69, 9.17) is 9.72 Å². The summed E-state index contributed by atoms with van der Waals surface area (Å²) >= 11 is 1.79. The van der Waals surface area contributed by atoms with E-state index < -0.39 is 0 Å². The summed E-state index contributed by atoms with van der Waals surface area (Å²) in [5.41, 5.74) is 4.32. The number of carbonyl (C=O) groups excluding carboxylic acids is 1. The van der Waals surface area contributed by atoms with E-state index in [1.807, 2.05) is 24.3 Å². The van der Waals surface area contributed by atoms with E-state index in [9.17, 15) is 4.79 Å². The van der Waals surface area contributed by atoms with Gasteiger partial charge >= 0.3 is 0 Å². The SMILES string of the molecule is CCCCCOc1cccc(C(=O)NCCN2CCN(c3nc4c(C)cc(C)cc4s3)CC2)c1. The third-order valence-electron chi connectivity index (χ3n) is 6.29. The molecule has 2 heterocycles. The first-order valence-corrected chi connectivity index (χ1v) is 13.2. The topological polar surface area (TPSA) is 57.7 Å².